The number of hydrogen-bond acceptors (Lipinski definition) is 1. The molecule has 0 rings (SSSR count). The number of hydrogen-bond donors (Lipinski definition) is 2. The zero-order valence-corrected chi connectivity index (χ0v) is 8.88. The summed E-state index contributed by atoms with van der Waals surface area (Å²) in [6.45, 7) is 6.49. The van der Waals surface area contributed by atoms with E-state index in [1.807, 2.05) is 7.05 Å². The second-order valence-electron chi connectivity index (χ2n) is 3.86. The van der Waals surface area contributed by atoms with Crippen molar-refractivity contribution in [3.63, 3.8) is 0 Å². The third-order valence-electron chi connectivity index (χ3n) is 2.45. The van der Waals surface area contributed by atoms with Crippen LogP contribution in [0, 0.1) is 5.92 Å². The molecule has 0 radical (unpaired) electrons. The molecule has 12 heavy (non-hydrogen) atoms. The van der Waals surface area contributed by atoms with Crippen LogP contribution in [0.4, 0.5) is 0 Å². The number of rotatable bonds is 6. The summed E-state index contributed by atoms with van der Waals surface area (Å²) in [7, 11) is 2.04. The molecule has 74 valence electrons. The van der Waals surface area contributed by atoms with Crippen LogP contribution in [0.5, 0.6) is 0 Å². The quantitative estimate of drug-likeness (QED) is 0.613. The average Bonchev–Trinajstić information content (AvgIpc) is 2.01. The lowest BCUT2D eigenvalue weighted by atomic mass is 9.95. The third kappa shape index (κ3) is 4.07. The lowest BCUT2D eigenvalue weighted by molar-refractivity contribution is -0.678. The molecule has 2 atom stereocenters. The molecule has 0 aliphatic carbocycles. The van der Waals surface area contributed by atoms with Crippen molar-refractivity contribution in [3.8, 4) is 0 Å². The fourth-order valence-electron chi connectivity index (χ4n) is 1.66. The van der Waals surface area contributed by atoms with E-state index < -0.39 is 0 Å². The molecule has 0 amide bonds. The number of aliphatic hydroxyl groups excluding tert-OH is 1. The number of unbranched alkanes of at least 4 members (excludes halogenated alkanes) is 1. The molecule has 0 bridgehead atoms. The van der Waals surface area contributed by atoms with Gasteiger partial charge in [0.1, 0.15) is 12.1 Å². The van der Waals surface area contributed by atoms with E-state index in [4.69, 9.17) is 0 Å². The van der Waals surface area contributed by atoms with Crippen molar-refractivity contribution in [2.24, 2.45) is 5.92 Å². The summed E-state index contributed by atoms with van der Waals surface area (Å²) in [5.74, 6) is 0.557. The van der Waals surface area contributed by atoms with Crippen molar-refractivity contribution in [1.29, 1.82) is 0 Å². The van der Waals surface area contributed by atoms with Gasteiger partial charge in [-0.25, -0.2) is 0 Å². The van der Waals surface area contributed by atoms with Crippen LogP contribution in [0.25, 0.3) is 0 Å². The van der Waals surface area contributed by atoms with E-state index in [1.165, 1.54) is 6.42 Å². The van der Waals surface area contributed by atoms with Crippen LogP contribution in [0.2, 0.25) is 0 Å². The van der Waals surface area contributed by atoms with Gasteiger partial charge in [-0.3, -0.25) is 0 Å². The zero-order valence-electron chi connectivity index (χ0n) is 8.88. The Morgan fingerprint density at radius 1 is 1.33 bits per heavy atom. The summed E-state index contributed by atoms with van der Waals surface area (Å²) in [6, 6.07) is 0.372. The van der Waals surface area contributed by atoms with Gasteiger partial charge >= 0.3 is 0 Å². The number of nitrogens with two attached hydrogens (primary N) is 1. The lowest BCUT2D eigenvalue weighted by Crippen LogP contribution is -2.90. The molecule has 0 fully saturated rings. The smallest absolute Gasteiger partial charge is 0.114 e. The highest BCUT2D eigenvalue weighted by Gasteiger charge is 2.23. The first-order valence-electron chi connectivity index (χ1n) is 5.11. The molecule has 2 unspecified atom stereocenters. The summed E-state index contributed by atoms with van der Waals surface area (Å²) in [5, 5.41) is 11.9. The first kappa shape index (κ1) is 11.9. The molecule has 2 heteroatoms. The molecular weight excluding hydrogens is 150 g/mol. The van der Waals surface area contributed by atoms with Gasteiger partial charge in [0.15, 0.2) is 0 Å². The fraction of sp³-hybridized carbons (Fsp3) is 1.00. The topological polar surface area (TPSA) is 36.8 Å². The summed E-state index contributed by atoms with van der Waals surface area (Å²) in [4.78, 5) is 0. The summed E-state index contributed by atoms with van der Waals surface area (Å²) in [5.41, 5.74) is 0. The number of quaternary nitrogens is 1. The highest BCUT2D eigenvalue weighted by atomic mass is 16.3. The highest BCUT2D eigenvalue weighted by molar-refractivity contribution is 4.69. The minimum Gasteiger partial charge on any atom is -0.387 e. The van der Waals surface area contributed by atoms with Gasteiger partial charge in [-0.15, -0.1) is 0 Å². The molecular formula is C10H24NO+. The second kappa shape index (κ2) is 6.44. The summed E-state index contributed by atoms with van der Waals surface area (Å²) >= 11 is 0. The van der Waals surface area contributed by atoms with Crippen LogP contribution in [0.15, 0.2) is 0 Å². The van der Waals surface area contributed by atoms with Crippen molar-refractivity contribution >= 4 is 0 Å². The van der Waals surface area contributed by atoms with Crippen LogP contribution in [-0.4, -0.2) is 24.3 Å². The van der Waals surface area contributed by atoms with Crippen molar-refractivity contribution in [1.82, 2.24) is 0 Å². The SMILES string of the molecule is CCCCC(O)C([NH2+]C)C(C)C. The molecule has 0 aliphatic rings. The monoisotopic (exact) mass is 174 g/mol. The van der Waals surface area contributed by atoms with Gasteiger partial charge in [-0.05, 0) is 6.42 Å². The van der Waals surface area contributed by atoms with Gasteiger partial charge in [0.2, 0.25) is 0 Å². The van der Waals surface area contributed by atoms with Crippen LogP contribution in [0.1, 0.15) is 40.0 Å². The van der Waals surface area contributed by atoms with Crippen LogP contribution in [-0.2, 0) is 0 Å². The number of likely N-dealkylation sites (N-methyl/N-ethyl adjacent to an activating group) is 1. The van der Waals surface area contributed by atoms with Crippen LogP contribution >= 0.6 is 0 Å². The van der Waals surface area contributed by atoms with E-state index in [-0.39, 0.29) is 6.10 Å². The molecule has 0 heterocycles. The van der Waals surface area contributed by atoms with Crippen molar-refractivity contribution in [3.05, 3.63) is 0 Å². The molecule has 0 aromatic carbocycles. The minimum absolute atomic E-state index is 0.130. The van der Waals surface area contributed by atoms with Crippen molar-refractivity contribution in [2.45, 2.75) is 52.2 Å². The van der Waals surface area contributed by atoms with Crippen LogP contribution in [0.3, 0.4) is 0 Å². The van der Waals surface area contributed by atoms with Gasteiger partial charge in [0.05, 0.1) is 7.05 Å². The maximum atomic E-state index is 9.78. The second-order valence-corrected chi connectivity index (χ2v) is 3.86. The van der Waals surface area contributed by atoms with Gasteiger partial charge in [-0.2, -0.15) is 0 Å². The molecule has 0 saturated carbocycles. The first-order chi connectivity index (χ1) is 5.63. The maximum absolute atomic E-state index is 9.78. The van der Waals surface area contributed by atoms with E-state index in [9.17, 15) is 5.11 Å². The fourth-order valence-corrected chi connectivity index (χ4v) is 1.66. The van der Waals surface area contributed by atoms with Gasteiger partial charge in [-0.1, -0.05) is 33.6 Å². The summed E-state index contributed by atoms with van der Waals surface area (Å²) < 4.78 is 0. The predicted molar refractivity (Wildman–Crippen MR) is 52.0 cm³/mol. The van der Waals surface area contributed by atoms with E-state index in [0.29, 0.717) is 12.0 Å². The van der Waals surface area contributed by atoms with Gasteiger partial charge in [0, 0.05) is 5.92 Å². The Balaban J connectivity index is 3.77. The normalized spacial score (nSPS) is 16.5. The predicted octanol–water partition coefficient (Wildman–Crippen LogP) is 0.755. The Bertz CT molecular complexity index is 104. The Morgan fingerprint density at radius 3 is 2.25 bits per heavy atom. The Morgan fingerprint density at radius 2 is 1.92 bits per heavy atom. The Labute approximate surface area is 76.4 Å². The summed E-state index contributed by atoms with van der Waals surface area (Å²) in [6.07, 6.45) is 3.13. The molecule has 0 saturated heterocycles. The lowest BCUT2D eigenvalue weighted by Gasteiger charge is -2.22. The highest BCUT2D eigenvalue weighted by Crippen LogP contribution is 2.08. The minimum atomic E-state index is -0.130. The molecule has 2 nitrogen and oxygen atoms in total. The molecule has 0 aromatic rings. The Kier molecular flexibility index (Phi) is 6.39. The van der Waals surface area contributed by atoms with Crippen LogP contribution < -0.4 is 5.32 Å². The largest absolute Gasteiger partial charge is 0.387 e. The van der Waals surface area contributed by atoms with E-state index in [1.54, 1.807) is 0 Å². The van der Waals surface area contributed by atoms with Crippen molar-refractivity contribution < 1.29 is 10.4 Å². The Hall–Kier alpha value is -0.0800. The average molecular weight is 174 g/mol. The zero-order chi connectivity index (χ0) is 9.56. The maximum Gasteiger partial charge on any atom is 0.114 e. The van der Waals surface area contributed by atoms with E-state index in [2.05, 4.69) is 26.1 Å². The van der Waals surface area contributed by atoms with E-state index >= 15 is 0 Å². The van der Waals surface area contributed by atoms with Gasteiger partial charge < -0.3 is 10.4 Å². The van der Waals surface area contributed by atoms with Gasteiger partial charge in [0.25, 0.3) is 0 Å². The third-order valence-corrected chi connectivity index (χ3v) is 2.45. The number of aliphatic hydroxyl groups is 1. The first-order valence-corrected chi connectivity index (χ1v) is 5.11. The molecule has 0 aliphatic heterocycles. The van der Waals surface area contributed by atoms with E-state index in [0.717, 1.165) is 12.8 Å². The molecule has 0 aromatic heterocycles. The molecule has 0 spiro atoms. The molecule has 3 N–H and O–H groups in total. The van der Waals surface area contributed by atoms with Crippen molar-refractivity contribution in [2.75, 3.05) is 7.05 Å². The standard InChI is InChI=1S/C10H23NO/c1-5-6-7-9(12)10(11-4)8(2)3/h8-12H,5-7H2,1-4H3/p+1.